The molecule has 0 aromatic carbocycles. The van der Waals surface area contributed by atoms with Crippen LogP contribution in [-0.2, 0) is 4.79 Å². The summed E-state index contributed by atoms with van der Waals surface area (Å²) in [5.41, 5.74) is 0.657. The molecule has 1 aromatic rings. The van der Waals surface area contributed by atoms with Crippen molar-refractivity contribution in [1.29, 1.82) is 0 Å². The summed E-state index contributed by atoms with van der Waals surface area (Å²) in [6, 6.07) is 0.441. The smallest absolute Gasteiger partial charge is 0.273 e. The molecule has 0 radical (unpaired) electrons. The van der Waals surface area contributed by atoms with Crippen LogP contribution in [0.5, 0.6) is 0 Å². The van der Waals surface area contributed by atoms with Crippen molar-refractivity contribution in [3.63, 3.8) is 0 Å². The Kier molecular flexibility index (Phi) is 5.63. The maximum Gasteiger partial charge on any atom is 0.273 e. The molecule has 0 N–H and O–H groups in total. The van der Waals surface area contributed by atoms with Gasteiger partial charge in [-0.3, -0.25) is 9.59 Å². The first-order valence-electron chi connectivity index (χ1n) is 11.8. The highest BCUT2D eigenvalue weighted by Gasteiger charge is 2.37. The molecule has 0 bridgehead atoms. The van der Waals surface area contributed by atoms with E-state index in [9.17, 15) is 9.59 Å². The third-order valence-corrected chi connectivity index (χ3v) is 8.86. The van der Waals surface area contributed by atoms with Crippen LogP contribution >= 0.6 is 11.3 Å². The minimum absolute atomic E-state index is 0.154. The van der Waals surface area contributed by atoms with E-state index in [1.807, 2.05) is 5.38 Å². The van der Waals surface area contributed by atoms with Crippen molar-refractivity contribution in [1.82, 2.24) is 14.8 Å². The van der Waals surface area contributed by atoms with E-state index >= 15 is 0 Å². The van der Waals surface area contributed by atoms with Crippen molar-refractivity contribution in [2.24, 2.45) is 11.8 Å². The lowest BCUT2D eigenvalue weighted by atomic mass is 9.78. The molecule has 2 aliphatic carbocycles. The van der Waals surface area contributed by atoms with Gasteiger partial charge in [-0.15, -0.1) is 11.3 Å². The fraction of sp³-hybridized carbons (Fsp3) is 0.783. The normalized spacial score (nSPS) is 28.7. The van der Waals surface area contributed by atoms with E-state index in [1.165, 1.54) is 38.5 Å². The van der Waals surface area contributed by atoms with E-state index in [1.54, 1.807) is 11.3 Å². The van der Waals surface area contributed by atoms with Crippen LogP contribution in [0, 0.1) is 11.8 Å². The van der Waals surface area contributed by atoms with Crippen molar-refractivity contribution in [2.45, 2.75) is 82.6 Å². The summed E-state index contributed by atoms with van der Waals surface area (Å²) in [5.74, 6) is 1.93. The average molecular weight is 416 g/mol. The summed E-state index contributed by atoms with van der Waals surface area (Å²) in [7, 11) is 0. The van der Waals surface area contributed by atoms with Crippen LogP contribution in [-0.4, -0.2) is 52.3 Å². The molecule has 5 rings (SSSR count). The van der Waals surface area contributed by atoms with Crippen LogP contribution < -0.4 is 0 Å². The van der Waals surface area contributed by atoms with E-state index in [4.69, 9.17) is 4.98 Å². The zero-order valence-electron chi connectivity index (χ0n) is 17.4. The number of rotatable bonds is 3. The molecule has 4 fully saturated rings. The lowest BCUT2D eigenvalue weighted by Gasteiger charge is -2.43. The van der Waals surface area contributed by atoms with Gasteiger partial charge >= 0.3 is 0 Å². The first-order chi connectivity index (χ1) is 14.2. The number of likely N-dealkylation sites (tertiary alicyclic amines) is 2. The largest absolute Gasteiger partial charge is 0.342 e. The molecule has 2 aliphatic heterocycles. The summed E-state index contributed by atoms with van der Waals surface area (Å²) in [4.78, 5) is 34.7. The summed E-state index contributed by atoms with van der Waals surface area (Å²) >= 11 is 1.65. The number of carbonyl (C=O) groups excluding carboxylic acids is 2. The Balaban J connectivity index is 1.20. The minimum Gasteiger partial charge on any atom is -0.342 e. The van der Waals surface area contributed by atoms with Gasteiger partial charge in [-0.1, -0.05) is 19.3 Å². The van der Waals surface area contributed by atoms with Crippen molar-refractivity contribution in [3.8, 4) is 0 Å². The topological polar surface area (TPSA) is 53.5 Å². The van der Waals surface area contributed by atoms with E-state index in [0.717, 1.165) is 56.7 Å². The molecule has 2 saturated heterocycles. The third-order valence-electron chi connectivity index (χ3n) is 7.86. The number of thiazole rings is 1. The van der Waals surface area contributed by atoms with Crippen molar-refractivity contribution in [2.75, 3.05) is 19.6 Å². The number of nitrogens with zero attached hydrogens (tertiary/aromatic N) is 3. The van der Waals surface area contributed by atoms with Crippen LogP contribution in [0.15, 0.2) is 5.38 Å². The van der Waals surface area contributed by atoms with Gasteiger partial charge in [-0.2, -0.15) is 0 Å². The quantitative estimate of drug-likeness (QED) is 0.733. The molecule has 158 valence electrons. The van der Waals surface area contributed by atoms with Crippen molar-refractivity contribution in [3.05, 3.63) is 16.1 Å². The Morgan fingerprint density at radius 3 is 2.41 bits per heavy atom. The number of piperidine rings is 2. The van der Waals surface area contributed by atoms with E-state index in [-0.39, 0.29) is 5.91 Å². The highest BCUT2D eigenvalue weighted by atomic mass is 32.1. The highest BCUT2D eigenvalue weighted by molar-refractivity contribution is 7.09. The van der Waals surface area contributed by atoms with Gasteiger partial charge in [0, 0.05) is 42.9 Å². The molecule has 2 unspecified atom stereocenters. The van der Waals surface area contributed by atoms with Crippen LogP contribution in [0.1, 0.15) is 92.0 Å². The van der Waals surface area contributed by atoms with E-state index < -0.39 is 0 Å². The maximum absolute atomic E-state index is 13.2. The molecule has 2 amide bonds. The van der Waals surface area contributed by atoms with Crippen LogP contribution in [0.25, 0.3) is 0 Å². The fourth-order valence-corrected chi connectivity index (χ4v) is 6.82. The SMILES string of the molecule is O=C(C1CCC1)N1CCC(c2nc(C(=O)N3CCCC4CCCCC43)cs2)CC1. The fourth-order valence-electron chi connectivity index (χ4n) is 5.86. The average Bonchev–Trinajstić information content (AvgIpc) is 3.22. The maximum atomic E-state index is 13.2. The van der Waals surface area contributed by atoms with Gasteiger partial charge in [0.1, 0.15) is 5.69 Å². The lowest BCUT2D eigenvalue weighted by Crippen LogP contribution is -2.49. The predicted molar refractivity (Wildman–Crippen MR) is 114 cm³/mol. The monoisotopic (exact) mass is 415 g/mol. The summed E-state index contributed by atoms with van der Waals surface area (Å²) in [6.45, 7) is 2.59. The molecule has 29 heavy (non-hydrogen) atoms. The Bertz CT molecular complexity index is 749. The second-order valence-corrected chi connectivity index (χ2v) is 10.4. The molecular weight excluding hydrogens is 382 g/mol. The molecule has 2 saturated carbocycles. The van der Waals surface area contributed by atoms with Gasteiger partial charge in [0.05, 0.1) is 5.01 Å². The van der Waals surface area contributed by atoms with Crippen molar-refractivity contribution >= 4 is 23.2 Å². The summed E-state index contributed by atoms with van der Waals surface area (Å²) in [6.07, 6.45) is 12.8. The van der Waals surface area contributed by atoms with Gasteiger partial charge in [0.15, 0.2) is 0 Å². The van der Waals surface area contributed by atoms with Gasteiger partial charge in [-0.25, -0.2) is 4.98 Å². The Morgan fingerprint density at radius 2 is 1.66 bits per heavy atom. The number of amides is 2. The highest BCUT2D eigenvalue weighted by Crippen LogP contribution is 2.37. The molecule has 4 aliphatic rings. The minimum atomic E-state index is 0.154. The number of hydrogen-bond donors (Lipinski definition) is 0. The Hall–Kier alpha value is -1.43. The second kappa shape index (κ2) is 8.37. The molecule has 1 aromatic heterocycles. The third kappa shape index (κ3) is 3.85. The molecule has 6 heteroatoms. The van der Waals surface area contributed by atoms with Gasteiger partial charge < -0.3 is 9.80 Å². The number of aromatic nitrogens is 1. The number of hydrogen-bond acceptors (Lipinski definition) is 4. The van der Waals surface area contributed by atoms with E-state index in [2.05, 4.69) is 9.80 Å². The molecule has 2 atom stereocenters. The van der Waals surface area contributed by atoms with E-state index in [0.29, 0.717) is 35.4 Å². The lowest BCUT2D eigenvalue weighted by molar-refractivity contribution is -0.139. The summed E-state index contributed by atoms with van der Waals surface area (Å²) in [5, 5.41) is 3.08. The number of fused-ring (bicyclic) bond motifs is 1. The van der Waals surface area contributed by atoms with Gasteiger partial charge in [0.25, 0.3) is 5.91 Å². The number of carbonyl (C=O) groups is 2. The first-order valence-corrected chi connectivity index (χ1v) is 12.6. The van der Waals surface area contributed by atoms with Crippen LogP contribution in [0.2, 0.25) is 0 Å². The van der Waals surface area contributed by atoms with Crippen molar-refractivity contribution < 1.29 is 9.59 Å². The second-order valence-electron chi connectivity index (χ2n) is 9.55. The zero-order valence-corrected chi connectivity index (χ0v) is 18.2. The Morgan fingerprint density at radius 1 is 0.897 bits per heavy atom. The Labute approximate surface area is 177 Å². The van der Waals surface area contributed by atoms with Gasteiger partial charge in [-0.05, 0) is 57.3 Å². The summed E-state index contributed by atoms with van der Waals surface area (Å²) < 4.78 is 0. The molecule has 5 nitrogen and oxygen atoms in total. The zero-order chi connectivity index (χ0) is 19.8. The molecular formula is C23H33N3O2S. The molecule has 0 spiro atoms. The molecule has 3 heterocycles. The predicted octanol–water partition coefficient (Wildman–Crippen LogP) is 4.44. The first kappa shape index (κ1) is 19.5. The van der Waals surface area contributed by atoms with Gasteiger partial charge in [0.2, 0.25) is 5.91 Å². The van der Waals surface area contributed by atoms with Crippen LogP contribution in [0.3, 0.4) is 0 Å². The van der Waals surface area contributed by atoms with Crippen LogP contribution in [0.4, 0.5) is 0 Å². The standard InChI is InChI=1S/C23H33N3O2S/c27-22(18-6-3-7-18)25-13-10-17(11-14-25)21-24-19(15-29-21)23(28)26-12-4-8-16-5-1-2-9-20(16)26/h15-18,20H,1-14H2.